The molecule has 1 saturated heterocycles. The van der Waals surface area contributed by atoms with Gasteiger partial charge in [0.15, 0.2) is 0 Å². The Balaban J connectivity index is 1.78. The molecule has 2 aliphatic rings. The van der Waals surface area contributed by atoms with E-state index in [4.69, 9.17) is 17.3 Å². The summed E-state index contributed by atoms with van der Waals surface area (Å²) in [6.07, 6.45) is 6.10. The standard InChI is InChI=1S/C15H22ClN3O/c1-2-10-8-18(6-5-13(10)17)15(20)14-7-11(16)9-19(14)12-3-4-12/h7,9-10,12-13H,2-6,8,17H2,1H3. The van der Waals surface area contributed by atoms with Crippen molar-refractivity contribution in [3.63, 3.8) is 0 Å². The molecule has 0 spiro atoms. The molecule has 3 rings (SSSR count). The lowest BCUT2D eigenvalue weighted by Gasteiger charge is -2.36. The number of halogens is 1. The minimum Gasteiger partial charge on any atom is -0.339 e. The second kappa shape index (κ2) is 5.41. The first kappa shape index (κ1) is 14.0. The third kappa shape index (κ3) is 2.59. The molecule has 20 heavy (non-hydrogen) atoms. The van der Waals surface area contributed by atoms with E-state index in [0.717, 1.165) is 44.5 Å². The smallest absolute Gasteiger partial charge is 0.270 e. The van der Waals surface area contributed by atoms with Gasteiger partial charge < -0.3 is 15.2 Å². The van der Waals surface area contributed by atoms with Crippen molar-refractivity contribution in [2.75, 3.05) is 13.1 Å². The molecule has 1 aromatic rings. The summed E-state index contributed by atoms with van der Waals surface area (Å²) in [6, 6.07) is 2.50. The third-order valence-corrected chi connectivity index (χ3v) is 4.79. The van der Waals surface area contributed by atoms with Crippen molar-refractivity contribution in [2.45, 2.75) is 44.7 Å². The van der Waals surface area contributed by atoms with Crippen LogP contribution in [0.25, 0.3) is 0 Å². The van der Waals surface area contributed by atoms with Crippen LogP contribution in [-0.4, -0.2) is 34.5 Å². The van der Waals surface area contributed by atoms with Gasteiger partial charge in [-0.3, -0.25) is 4.79 Å². The molecule has 2 atom stereocenters. The molecule has 0 aromatic carbocycles. The van der Waals surface area contributed by atoms with E-state index in [0.29, 0.717) is 17.0 Å². The van der Waals surface area contributed by atoms with Crippen molar-refractivity contribution in [1.29, 1.82) is 0 Å². The SMILES string of the molecule is CCC1CN(C(=O)c2cc(Cl)cn2C2CC2)CCC1N. The minimum atomic E-state index is 0.106. The molecule has 2 unspecified atom stereocenters. The zero-order valence-electron chi connectivity index (χ0n) is 11.9. The van der Waals surface area contributed by atoms with Crippen LogP contribution in [0, 0.1) is 5.92 Å². The summed E-state index contributed by atoms with van der Waals surface area (Å²) in [5, 5.41) is 0.654. The lowest BCUT2D eigenvalue weighted by Crippen LogP contribution is -2.49. The zero-order valence-corrected chi connectivity index (χ0v) is 12.6. The van der Waals surface area contributed by atoms with Crippen molar-refractivity contribution in [2.24, 2.45) is 11.7 Å². The predicted molar refractivity (Wildman–Crippen MR) is 80.0 cm³/mol. The van der Waals surface area contributed by atoms with Gasteiger partial charge in [0.25, 0.3) is 5.91 Å². The van der Waals surface area contributed by atoms with Crippen LogP contribution in [0.1, 0.15) is 49.1 Å². The molecule has 1 aromatic heterocycles. The number of nitrogens with zero attached hydrogens (tertiary/aromatic N) is 2. The van der Waals surface area contributed by atoms with Gasteiger partial charge in [-0.25, -0.2) is 0 Å². The van der Waals surface area contributed by atoms with Gasteiger partial charge in [0.2, 0.25) is 0 Å². The zero-order chi connectivity index (χ0) is 14.3. The fraction of sp³-hybridized carbons (Fsp3) is 0.667. The maximum Gasteiger partial charge on any atom is 0.270 e. The largest absolute Gasteiger partial charge is 0.339 e. The van der Waals surface area contributed by atoms with Crippen molar-refractivity contribution in [3.05, 3.63) is 23.0 Å². The number of carbonyl (C=O) groups is 1. The quantitative estimate of drug-likeness (QED) is 0.932. The fourth-order valence-electron chi connectivity index (χ4n) is 3.10. The highest BCUT2D eigenvalue weighted by Crippen LogP contribution is 2.38. The summed E-state index contributed by atoms with van der Waals surface area (Å²) in [6.45, 7) is 3.66. The molecule has 2 heterocycles. The molecule has 0 radical (unpaired) electrons. The van der Waals surface area contributed by atoms with Gasteiger partial charge >= 0.3 is 0 Å². The molecule has 2 N–H and O–H groups in total. The number of carbonyl (C=O) groups excluding carboxylic acids is 1. The van der Waals surface area contributed by atoms with Crippen molar-refractivity contribution in [1.82, 2.24) is 9.47 Å². The molecule has 1 aliphatic carbocycles. The van der Waals surface area contributed by atoms with E-state index in [-0.39, 0.29) is 11.9 Å². The van der Waals surface area contributed by atoms with Crippen LogP contribution in [-0.2, 0) is 0 Å². The summed E-state index contributed by atoms with van der Waals surface area (Å²) < 4.78 is 2.06. The molecule has 0 bridgehead atoms. The molecule has 5 heteroatoms. The summed E-state index contributed by atoms with van der Waals surface area (Å²) in [5.74, 6) is 0.515. The van der Waals surface area contributed by atoms with E-state index in [9.17, 15) is 4.79 Å². The third-order valence-electron chi connectivity index (χ3n) is 4.58. The van der Waals surface area contributed by atoms with Gasteiger partial charge in [0, 0.05) is 31.4 Å². The van der Waals surface area contributed by atoms with Gasteiger partial charge in [-0.05, 0) is 31.2 Å². The van der Waals surface area contributed by atoms with Gasteiger partial charge in [-0.1, -0.05) is 24.9 Å². The van der Waals surface area contributed by atoms with Crippen molar-refractivity contribution in [3.8, 4) is 0 Å². The Hall–Kier alpha value is -1.00. The molecule has 1 aliphatic heterocycles. The molecule has 2 fully saturated rings. The highest BCUT2D eigenvalue weighted by atomic mass is 35.5. The average Bonchev–Trinajstić information content (AvgIpc) is 3.21. The van der Waals surface area contributed by atoms with E-state index < -0.39 is 0 Å². The topological polar surface area (TPSA) is 51.3 Å². The van der Waals surface area contributed by atoms with Gasteiger partial charge in [-0.2, -0.15) is 0 Å². The van der Waals surface area contributed by atoms with E-state index in [1.54, 1.807) is 6.07 Å². The molecule has 1 saturated carbocycles. The Bertz CT molecular complexity index is 509. The Kier molecular flexibility index (Phi) is 3.78. The second-order valence-corrected chi connectivity index (χ2v) is 6.49. The van der Waals surface area contributed by atoms with E-state index >= 15 is 0 Å². The van der Waals surface area contributed by atoms with Crippen molar-refractivity contribution < 1.29 is 4.79 Å². The maximum absolute atomic E-state index is 12.7. The fourth-order valence-corrected chi connectivity index (χ4v) is 3.31. The summed E-state index contributed by atoms with van der Waals surface area (Å²) >= 11 is 6.09. The number of amides is 1. The Morgan fingerprint density at radius 1 is 1.45 bits per heavy atom. The molecular weight excluding hydrogens is 274 g/mol. The van der Waals surface area contributed by atoms with Crippen LogP contribution in [0.15, 0.2) is 12.3 Å². The molecule has 4 nitrogen and oxygen atoms in total. The normalized spacial score (nSPS) is 26.9. The monoisotopic (exact) mass is 295 g/mol. The summed E-state index contributed by atoms with van der Waals surface area (Å²) in [5.41, 5.74) is 6.86. The first-order chi connectivity index (χ1) is 9.60. The van der Waals surface area contributed by atoms with Crippen molar-refractivity contribution >= 4 is 17.5 Å². The highest BCUT2D eigenvalue weighted by Gasteiger charge is 2.33. The Morgan fingerprint density at radius 3 is 2.85 bits per heavy atom. The first-order valence-corrected chi connectivity index (χ1v) is 7.90. The maximum atomic E-state index is 12.7. The lowest BCUT2D eigenvalue weighted by atomic mass is 9.90. The van der Waals surface area contributed by atoms with Crippen LogP contribution in [0.5, 0.6) is 0 Å². The summed E-state index contributed by atoms with van der Waals surface area (Å²) in [7, 11) is 0. The number of piperidine rings is 1. The number of aromatic nitrogens is 1. The predicted octanol–water partition coefficient (Wildman–Crippen LogP) is 2.68. The van der Waals surface area contributed by atoms with E-state index in [1.165, 1.54) is 0 Å². The van der Waals surface area contributed by atoms with Crippen LogP contribution in [0.4, 0.5) is 0 Å². The van der Waals surface area contributed by atoms with Gasteiger partial charge in [0.05, 0.1) is 5.02 Å². The van der Waals surface area contributed by atoms with E-state index in [2.05, 4.69) is 11.5 Å². The number of hydrogen-bond acceptors (Lipinski definition) is 2. The van der Waals surface area contributed by atoms with Crippen LogP contribution in [0.3, 0.4) is 0 Å². The summed E-state index contributed by atoms with van der Waals surface area (Å²) in [4.78, 5) is 14.7. The number of nitrogens with two attached hydrogens (primary N) is 1. The second-order valence-electron chi connectivity index (χ2n) is 6.05. The number of rotatable bonds is 3. The minimum absolute atomic E-state index is 0.106. The van der Waals surface area contributed by atoms with Crippen LogP contribution >= 0.6 is 11.6 Å². The highest BCUT2D eigenvalue weighted by molar-refractivity contribution is 6.31. The molecule has 1 amide bonds. The Labute approximate surface area is 124 Å². The molecule has 110 valence electrons. The number of hydrogen-bond donors (Lipinski definition) is 1. The average molecular weight is 296 g/mol. The molecular formula is C15H22ClN3O. The van der Waals surface area contributed by atoms with E-state index in [1.807, 2.05) is 11.1 Å². The lowest BCUT2D eigenvalue weighted by molar-refractivity contribution is 0.0638. The Morgan fingerprint density at radius 2 is 2.20 bits per heavy atom. The van der Waals surface area contributed by atoms with Gasteiger partial charge in [-0.15, -0.1) is 0 Å². The number of likely N-dealkylation sites (tertiary alicyclic amines) is 1. The van der Waals surface area contributed by atoms with Crippen LogP contribution in [0.2, 0.25) is 5.02 Å². The van der Waals surface area contributed by atoms with Gasteiger partial charge in [0.1, 0.15) is 5.69 Å². The van der Waals surface area contributed by atoms with Crippen LogP contribution < -0.4 is 5.73 Å². The first-order valence-electron chi connectivity index (χ1n) is 7.52.